The second-order valence-electron chi connectivity index (χ2n) is 4.79. The maximum Gasteiger partial charge on any atom is 0.251 e. The third kappa shape index (κ3) is 5.19. The lowest BCUT2D eigenvalue weighted by molar-refractivity contribution is 0.0933. The summed E-state index contributed by atoms with van der Waals surface area (Å²) in [5.41, 5.74) is 1.49. The van der Waals surface area contributed by atoms with Crippen molar-refractivity contribution in [3.05, 3.63) is 28.5 Å². The number of hydrogen-bond donors (Lipinski definition) is 1. The number of amides is 1. The Morgan fingerprint density at radius 1 is 1.32 bits per heavy atom. The van der Waals surface area contributed by atoms with E-state index in [1.165, 1.54) is 0 Å². The lowest BCUT2D eigenvalue weighted by atomic mass is 10.1. The summed E-state index contributed by atoms with van der Waals surface area (Å²) in [6, 6.07) is 3.71. The van der Waals surface area contributed by atoms with Gasteiger partial charge < -0.3 is 5.32 Å². The molecule has 1 heterocycles. The van der Waals surface area contributed by atoms with Crippen molar-refractivity contribution in [2.45, 2.75) is 58.9 Å². The van der Waals surface area contributed by atoms with Crippen LogP contribution >= 0.6 is 11.6 Å². The fourth-order valence-electron chi connectivity index (χ4n) is 2.06. The van der Waals surface area contributed by atoms with Crippen LogP contribution in [0, 0.1) is 0 Å². The van der Waals surface area contributed by atoms with Crippen molar-refractivity contribution in [1.29, 1.82) is 0 Å². The Balaban J connectivity index is 2.80. The molecule has 106 valence electrons. The first-order valence-corrected chi connectivity index (χ1v) is 7.45. The van der Waals surface area contributed by atoms with Crippen LogP contribution in [0.4, 0.5) is 0 Å². The number of rotatable bonds is 7. The monoisotopic (exact) mass is 282 g/mol. The average Bonchev–Trinajstić information content (AvgIpc) is 2.37. The molecule has 0 fully saturated rings. The topological polar surface area (TPSA) is 42.0 Å². The molecular weight excluding hydrogens is 260 g/mol. The van der Waals surface area contributed by atoms with Gasteiger partial charge in [0.2, 0.25) is 0 Å². The molecule has 1 unspecified atom stereocenters. The Morgan fingerprint density at radius 2 is 2.05 bits per heavy atom. The maximum atomic E-state index is 12.2. The van der Waals surface area contributed by atoms with Crippen LogP contribution in [0.5, 0.6) is 0 Å². The predicted octanol–water partition coefficient (Wildman–Crippen LogP) is 4.00. The highest BCUT2D eigenvalue weighted by molar-refractivity contribution is 6.29. The number of aromatic nitrogens is 1. The highest BCUT2D eigenvalue weighted by Crippen LogP contribution is 2.13. The molecule has 0 radical (unpaired) electrons. The van der Waals surface area contributed by atoms with Crippen LogP contribution in [0.1, 0.15) is 62.5 Å². The molecule has 0 aliphatic rings. The molecule has 0 bridgehead atoms. The van der Waals surface area contributed by atoms with Crippen molar-refractivity contribution < 1.29 is 4.79 Å². The molecular formula is C15H23ClN2O. The van der Waals surface area contributed by atoms with Gasteiger partial charge >= 0.3 is 0 Å². The molecule has 1 atom stereocenters. The molecule has 0 aliphatic carbocycles. The number of hydrogen-bond acceptors (Lipinski definition) is 2. The van der Waals surface area contributed by atoms with Crippen molar-refractivity contribution in [3.8, 4) is 0 Å². The molecule has 1 aromatic rings. The molecule has 1 amide bonds. The van der Waals surface area contributed by atoms with E-state index in [0.717, 1.165) is 37.8 Å². The molecule has 4 heteroatoms. The summed E-state index contributed by atoms with van der Waals surface area (Å²) in [6.07, 6.45) is 4.84. The average molecular weight is 283 g/mol. The smallest absolute Gasteiger partial charge is 0.251 e. The molecule has 1 rings (SSSR count). The van der Waals surface area contributed by atoms with E-state index < -0.39 is 0 Å². The summed E-state index contributed by atoms with van der Waals surface area (Å²) < 4.78 is 0. The second kappa shape index (κ2) is 8.16. The van der Waals surface area contributed by atoms with E-state index >= 15 is 0 Å². The standard InChI is InChI=1S/C15H23ClN2O/c1-4-7-12(6-3)18-15(19)11-9-13(8-5-2)17-14(16)10-11/h9-10,12H,4-8H2,1-3H3,(H,18,19). The third-order valence-electron chi connectivity index (χ3n) is 3.08. The van der Waals surface area contributed by atoms with Crippen LogP contribution in [-0.2, 0) is 6.42 Å². The van der Waals surface area contributed by atoms with Crippen molar-refractivity contribution in [1.82, 2.24) is 10.3 Å². The maximum absolute atomic E-state index is 12.2. The molecule has 0 spiro atoms. The van der Waals surface area contributed by atoms with Crippen molar-refractivity contribution in [3.63, 3.8) is 0 Å². The predicted molar refractivity (Wildman–Crippen MR) is 79.7 cm³/mol. The van der Waals surface area contributed by atoms with E-state index in [2.05, 4.69) is 31.1 Å². The number of carbonyl (C=O) groups is 1. The lowest BCUT2D eigenvalue weighted by Gasteiger charge is -2.16. The summed E-state index contributed by atoms with van der Waals surface area (Å²) >= 11 is 5.97. The van der Waals surface area contributed by atoms with Crippen LogP contribution < -0.4 is 5.32 Å². The summed E-state index contributed by atoms with van der Waals surface area (Å²) in [4.78, 5) is 16.4. The highest BCUT2D eigenvalue weighted by atomic mass is 35.5. The Hall–Kier alpha value is -1.09. The first-order chi connectivity index (χ1) is 9.10. The quantitative estimate of drug-likeness (QED) is 0.768. The first kappa shape index (κ1) is 16.0. The molecule has 19 heavy (non-hydrogen) atoms. The highest BCUT2D eigenvalue weighted by Gasteiger charge is 2.13. The van der Waals surface area contributed by atoms with E-state index in [1.807, 2.05) is 6.07 Å². The molecule has 1 N–H and O–H groups in total. The zero-order valence-corrected chi connectivity index (χ0v) is 12.8. The van der Waals surface area contributed by atoms with Gasteiger partial charge in [-0.2, -0.15) is 0 Å². The van der Waals surface area contributed by atoms with Gasteiger partial charge in [-0.25, -0.2) is 4.98 Å². The zero-order valence-electron chi connectivity index (χ0n) is 12.0. The van der Waals surface area contributed by atoms with E-state index in [1.54, 1.807) is 6.07 Å². The summed E-state index contributed by atoms with van der Waals surface area (Å²) in [5.74, 6) is -0.0537. The molecule has 3 nitrogen and oxygen atoms in total. The van der Waals surface area contributed by atoms with E-state index in [0.29, 0.717) is 10.7 Å². The number of pyridine rings is 1. The molecule has 1 aromatic heterocycles. The normalized spacial score (nSPS) is 12.2. The summed E-state index contributed by atoms with van der Waals surface area (Å²) in [6.45, 7) is 6.29. The van der Waals surface area contributed by atoms with Crippen molar-refractivity contribution >= 4 is 17.5 Å². The largest absolute Gasteiger partial charge is 0.349 e. The van der Waals surface area contributed by atoms with Gasteiger partial charge in [0, 0.05) is 17.3 Å². The van der Waals surface area contributed by atoms with Crippen LogP contribution in [0.25, 0.3) is 0 Å². The van der Waals surface area contributed by atoms with Crippen LogP contribution in [0.15, 0.2) is 12.1 Å². The van der Waals surface area contributed by atoms with Gasteiger partial charge in [0.05, 0.1) is 0 Å². The van der Waals surface area contributed by atoms with Gasteiger partial charge in [-0.15, -0.1) is 0 Å². The number of nitrogens with one attached hydrogen (secondary N) is 1. The lowest BCUT2D eigenvalue weighted by Crippen LogP contribution is -2.34. The summed E-state index contributed by atoms with van der Waals surface area (Å²) in [5, 5.41) is 3.44. The van der Waals surface area contributed by atoms with E-state index in [9.17, 15) is 4.79 Å². The Bertz CT molecular complexity index is 421. The molecule has 0 aliphatic heterocycles. The third-order valence-corrected chi connectivity index (χ3v) is 3.27. The van der Waals surface area contributed by atoms with Gasteiger partial charge in [0.25, 0.3) is 5.91 Å². The van der Waals surface area contributed by atoms with Crippen molar-refractivity contribution in [2.24, 2.45) is 0 Å². The van der Waals surface area contributed by atoms with Gasteiger partial charge in [0.15, 0.2) is 0 Å². The van der Waals surface area contributed by atoms with Gasteiger partial charge in [-0.05, 0) is 31.4 Å². The Morgan fingerprint density at radius 3 is 2.63 bits per heavy atom. The Kier molecular flexibility index (Phi) is 6.85. The zero-order chi connectivity index (χ0) is 14.3. The first-order valence-electron chi connectivity index (χ1n) is 7.08. The van der Waals surface area contributed by atoms with Gasteiger partial charge in [-0.1, -0.05) is 45.2 Å². The fraction of sp³-hybridized carbons (Fsp3) is 0.600. The molecule has 0 saturated carbocycles. The van der Waals surface area contributed by atoms with E-state index in [4.69, 9.17) is 11.6 Å². The molecule has 0 aromatic carbocycles. The minimum atomic E-state index is -0.0537. The second-order valence-corrected chi connectivity index (χ2v) is 5.17. The van der Waals surface area contributed by atoms with Gasteiger partial charge in [0.1, 0.15) is 5.15 Å². The minimum Gasteiger partial charge on any atom is -0.349 e. The van der Waals surface area contributed by atoms with Gasteiger partial charge in [-0.3, -0.25) is 4.79 Å². The molecule has 0 saturated heterocycles. The number of halogens is 1. The fourth-order valence-corrected chi connectivity index (χ4v) is 2.29. The number of nitrogens with zero attached hydrogens (tertiary/aromatic N) is 1. The number of aryl methyl sites for hydroxylation is 1. The minimum absolute atomic E-state index is 0.0537. The van der Waals surface area contributed by atoms with Crippen LogP contribution in [0.2, 0.25) is 5.15 Å². The van der Waals surface area contributed by atoms with Crippen LogP contribution in [-0.4, -0.2) is 16.9 Å². The summed E-state index contributed by atoms with van der Waals surface area (Å²) in [7, 11) is 0. The van der Waals surface area contributed by atoms with Crippen LogP contribution in [0.3, 0.4) is 0 Å². The number of carbonyl (C=O) groups excluding carboxylic acids is 1. The van der Waals surface area contributed by atoms with E-state index in [-0.39, 0.29) is 11.9 Å². The Labute approximate surface area is 120 Å². The van der Waals surface area contributed by atoms with Crippen molar-refractivity contribution in [2.75, 3.05) is 0 Å². The SMILES string of the molecule is CCCc1cc(C(=O)NC(CC)CCC)cc(Cl)n1.